The SMILES string of the molecule is Brc1cccc(COCC2CCCCO2)c1. The minimum atomic E-state index is 0.306. The van der Waals surface area contributed by atoms with Gasteiger partial charge in [0.1, 0.15) is 0 Å². The lowest BCUT2D eigenvalue weighted by Gasteiger charge is -2.22. The standard InChI is InChI=1S/C13H17BrO2/c14-12-5-3-4-11(8-12)9-15-10-13-6-1-2-7-16-13/h3-5,8,13H,1-2,6-7,9-10H2. The van der Waals surface area contributed by atoms with E-state index in [4.69, 9.17) is 9.47 Å². The second-order valence-corrected chi connectivity index (χ2v) is 5.05. The molecule has 0 bridgehead atoms. The number of halogens is 1. The van der Waals surface area contributed by atoms with Crippen LogP contribution in [0.5, 0.6) is 0 Å². The summed E-state index contributed by atoms with van der Waals surface area (Å²) < 4.78 is 12.4. The highest BCUT2D eigenvalue weighted by Crippen LogP contribution is 2.15. The van der Waals surface area contributed by atoms with Gasteiger partial charge < -0.3 is 9.47 Å². The van der Waals surface area contributed by atoms with E-state index in [2.05, 4.69) is 28.1 Å². The summed E-state index contributed by atoms with van der Waals surface area (Å²) in [6.45, 7) is 2.27. The summed E-state index contributed by atoms with van der Waals surface area (Å²) in [5.41, 5.74) is 1.20. The zero-order chi connectivity index (χ0) is 11.2. The van der Waals surface area contributed by atoms with Crippen LogP contribution in [0.1, 0.15) is 24.8 Å². The topological polar surface area (TPSA) is 18.5 Å². The predicted molar refractivity (Wildman–Crippen MR) is 67.4 cm³/mol. The molecule has 1 aliphatic rings. The molecule has 0 radical (unpaired) electrons. The third-order valence-electron chi connectivity index (χ3n) is 2.74. The molecule has 0 saturated carbocycles. The number of rotatable bonds is 4. The molecule has 0 spiro atoms. The Morgan fingerprint density at radius 3 is 3.06 bits per heavy atom. The maximum atomic E-state index is 5.67. The second kappa shape index (κ2) is 6.38. The highest BCUT2D eigenvalue weighted by molar-refractivity contribution is 9.10. The van der Waals surface area contributed by atoms with E-state index in [1.54, 1.807) is 0 Å². The van der Waals surface area contributed by atoms with Crippen molar-refractivity contribution in [2.75, 3.05) is 13.2 Å². The molecule has 1 aromatic rings. The van der Waals surface area contributed by atoms with E-state index >= 15 is 0 Å². The molecule has 1 heterocycles. The number of benzene rings is 1. The Hall–Kier alpha value is -0.380. The van der Waals surface area contributed by atoms with Gasteiger partial charge in [-0.05, 0) is 37.0 Å². The Labute approximate surface area is 105 Å². The largest absolute Gasteiger partial charge is 0.376 e. The Morgan fingerprint density at radius 2 is 2.31 bits per heavy atom. The molecule has 1 atom stereocenters. The minimum absolute atomic E-state index is 0.306. The van der Waals surface area contributed by atoms with Crippen LogP contribution in [-0.4, -0.2) is 19.3 Å². The zero-order valence-corrected chi connectivity index (χ0v) is 10.9. The van der Waals surface area contributed by atoms with Gasteiger partial charge in [0.15, 0.2) is 0 Å². The van der Waals surface area contributed by atoms with Crippen LogP contribution < -0.4 is 0 Å². The summed E-state index contributed by atoms with van der Waals surface area (Å²) in [6, 6.07) is 8.21. The van der Waals surface area contributed by atoms with Gasteiger partial charge in [-0.3, -0.25) is 0 Å². The van der Waals surface area contributed by atoms with Crippen LogP contribution in [0, 0.1) is 0 Å². The van der Waals surface area contributed by atoms with Crippen molar-refractivity contribution in [3.05, 3.63) is 34.3 Å². The number of hydrogen-bond acceptors (Lipinski definition) is 2. The summed E-state index contributed by atoms with van der Waals surface area (Å²) in [6.07, 6.45) is 3.91. The minimum Gasteiger partial charge on any atom is -0.376 e. The fraction of sp³-hybridized carbons (Fsp3) is 0.538. The smallest absolute Gasteiger partial charge is 0.0808 e. The lowest BCUT2D eigenvalue weighted by Crippen LogP contribution is -2.24. The van der Waals surface area contributed by atoms with E-state index in [-0.39, 0.29) is 0 Å². The first-order valence-electron chi connectivity index (χ1n) is 5.78. The van der Waals surface area contributed by atoms with Gasteiger partial charge >= 0.3 is 0 Å². The van der Waals surface area contributed by atoms with E-state index in [0.29, 0.717) is 19.3 Å². The third kappa shape index (κ3) is 3.89. The van der Waals surface area contributed by atoms with E-state index in [0.717, 1.165) is 17.5 Å². The van der Waals surface area contributed by atoms with Gasteiger partial charge in [-0.1, -0.05) is 28.1 Å². The van der Waals surface area contributed by atoms with Crippen LogP contribution in [0.4, 0.5) is 0 Å². The summed E-state index contributed by atoms with van der Waals surface area (Å²) >= 11 is 3.45. The van der Waals surface area contributed by atoms with E-state index in [9.17, 15) is 0 Å². The Kier molecular flexibility index (Phi) is 4.82. The molecule has 2 nitrogen and oxygen atoms in total. The molecular formula is C13H17BrO2. The molecule has 0 N–H and O–H groups in total. The monoisotopic (exact) mass is 284 g/mol. The van der Waals surface area contributed by atoms with E-state index < -0.39 is 0 Å². The van der Waals surface area contributed by atoms with Crippen LogP contribution in [-0.2, 0) is 16.1 Å². The molecule has 16 heavy (non-hydrogen) atoms. The quantitative estimate of drug-likeness (QED) is 0.842. The van der Waals surface area contributed by atoms with Crippen molar-refractivity contribution in [2.45, 2.75) is 32.0 Å². The first kappa shape index (κ1) is 12.1. The molecule has 0 amide bonds. The predicted octanol–water partition coefficient (Wildman–Crippen LogP) is 3.53. The summed E-state index contributed by atoms with van der Waals surface area (Å²) in [7, 11) is 0. The van der Waals surface area contributed by atoms with Crippen molar-refractivity contribution in [1.82, 2.24) is 0 Å². The van der Waals surface area contributed by atoms with E-state index in [1.165, 1.54) is 18.4 Å². The summed E-state index contributed by atoms with van der Waals surface area (Å²) in [4.78, 5) is 0. The Morgan fingerprint density at radius 1 is 1.38 bits per heavy atom. The maximum absolute atomic E-state index is 5.67. The fourth-order valence-electron chi connectivity index (χ4n) is 1.87. The van der Waals surface area contributed by atoms with Crippen molar-refractivity contribution < 1.29 is 9.47 Å². The highest BCUT2D eigenvalue weighted by atomic mass is 79.9. The molecule has 1 saturated heterocycles. The first-order valence-corrected chi connectivity index (χ1v) is 6.58. The number of hydrogen-bond donors (Lipinski definition) is 0. The molecule has 1 fully saturated rings. The lowest BCUT2D eigenvalue weighted by atomic mass is 10.1. The van der Waals surface area contributed by atoms with Crippen LogP contribution in [0.3, 0.4) is 0 Å². The normalized spacial score (nSPS) is 20.9. The lowest BCUT2D eigenvalue weighted by molar-refractivity contribution is -0.0447. The maximum Gasteiger partial charge on any atom is 0.0808 e. The van der Waals surface area contributed by atoms with Gasteiger partial charge in [0.05, 0.1) is 19.3 Å². The van der Waals surface area contributed by atoms with Crippen LogP contribution in [0.2, 0.25) is 0 Å². The van der Waals surface area contributed by atoms with Crippen LogP contribution in [0.25, 0.3) is 0 Å². The third-order valence-corrected chi connectivity index (χ3v) is 3.23. The van der Waals surface area contributed by atoms with Crippen LogP contribution in [0.15, 0.2) is 28.7 Å². The zero-order valence-electron chi connectivity index (χ0n) is 9.32. The summed E-state index contributed by atoms with van der Waals surface area (Å²) in [5, 5.41) is 0. The highest BCUT2D eigenvalue weighted by Gasteiger charge is 2.13. The summed E-state index contributed by atoms with van der Waals surface area (Å²) in [5.74, 6) is 0. The molecule has 0 aromatic heterocycles. The molecule has 1 aliphatic heterocycles. The van der Waals surface area contributed by atoms with Gasteiger partial charge in [-0.2, -0.15) is 0 Å². The van der Waals surface area contributed by atoms with Crippen molar-refractivity contribution >= 4 is 15.9 Å². The van der Waals surface area contributed by atoms with Gasteiger partial charge in [-0.25, -0.2) is 0 Å². The Bertz CT molecular complexity index is 321. The average Bonchev–Trinajstić information content (AvgIpc) is 2.30. The molecule has 3 heteroatoms. The fourth-order valence-corrected chi connectivity index (χ4v) is 2.32. The van der Waals surface area contributed by atoms with Gasteiger partial charge in [0.2, 0.25) is 0 Å². The average molecular weight is 285 g/mol. The van der Waals surface area contributed by atoms with Crippen molar-refractivity contribution in [2.24, 2.45) is 0 Å². The Balaban J connectivity index is 1.71. The van der Waals surface area contributed by atoms with Crippen molar-refractivity contribution in [3.63, 3.8) is 0 Å². The molecule has 1 aromatic carbocycles. The van der Waals surface area contributed by atoms with Gasteiger partial charge in [0.25, 0.3) is 0 Å². The van der Waals surface area contributed by atoms with Crippen molar-refractivity contribution in [3.8, 4) is 0 Å². The van der Waals surface area contributed by atoms with E-state index in [1.807, 2.05) is 12.1 Å². The van der Waals surface area contributed by atoms with Crippen LogP contribution >= 0.6 is 15.9 Å². The van der Waals surface area contributed by atoms with Crippen molar-refractivity contribution in [1.29, 1.82) is 0 Å². The van der Waals surface area contributed by atoms with Gasteiger partial charge in [-0.15, -0.1) is 0 Å². The first-order chi connectivity index (χ1) is 7.84. The molecular weight excluding hydrogens is 268 g/mol. The second-order valence-electron chi connectivity index (χ2n) is 4.13. The molecule has 88 valence electrons. The molecule has 2 rings (SSSR count). The van der Waals surface area contributed by atoms with Gasteiger partial charge in [0, 0.05) is 11.1 Å². The number of ether oxygens (including phenoxy) is 2. The molecule has 0 aliphatic carbocycles. The molecule has 1 unspecified atom stereocenters.